The number of hydrogen-bond donors (Lipinski definition) is 2. The van der Waals surface area contributed by atoms with E-state index in [1.807, 2.05) is 13.8 Å². The Hall–Kier alpha value is -0.460. The van der Waals surface area contributed by atoms with Gasteiger partial charge < -0.3 is 5.32 Å². The summed E-state index contributed by atoms with van der Waals surface area (Å²) in [4.78, 5) is 0. The SMILES string of the molecule is CC1=C(C)CC(S(=O)(=O)O)C(CNCCF)C1. The van der Waals surface area contributed by atoms with Gasteiger partial charge in [-0.25, -0.2) is 4.39 Å². The molecule has 0 amide bonds. The van der Waals surface area contributed by atoms with E-state index in [9.17, 15) is 17.4 Å². The summed E-state index contributed by atoms with van der Waals surface area (Å²) >= 11 is 0. The zero-order valence-corrected chi connectivity index (χ0v) is 11.1. The minimum atomic E-state index is -4.04. The van der Waals surface area contributed by atoms with Crippen LogP contribution in [-0.4, -0.2) is 38.0 Å². The predicted octanol–water partition coefficient (Wildman–Crippen LogP) is 1.55. The number of allylic oxidation sites excluding steroid dienone is 2. The second kappa shape index (κ2) is 5.93. The van der Waals surface area contributed by atoms with Crippen LogP contribution in [0, 0.1) is 5.92 Å². The van der Waals surface area contributed by atoms with Gasteiger partial charge in [0, 0.05) is 6.54 Å². The van der Waals surface area contributed by atoms with Crippen LogP contribution in [0.2, 0.25) is 0 Å². The first-order valence-corrected chi connectivity index (χ1v) is 7.24. The number of rotatable bonds is 5. The van der Waals surface area contributed by atoms with Gasteiger partial charge in [-0.2, -0.15) is 8.42 Å². The van der Waals surface area contributed by atoms with Crippen molar-refractivity contribution in [2.24, 2.45) is 5.92 Å². The van der Waals surface area contributed by atoms with Gasteiger partial charge >= 0.3 is 0 Å². The maximum absolute atomic E-state index is 12.0. The fourth-order valence-electron chi connectivity index (χ4n) is 2.25. The lowest BCUT2D eigenvalue weighted by molar-refractivity contribution is 0.374. The van der Waals surface area contributed by atoms with Crippen LogP contribution in [-0.2, 0) is 10.1 Å². The molecule has 2 N–H and O–H groups in total. The maximum Gasteiger partial charge on any atom is 0.268 e. The average molecular weight is 265 g/mol. The van der Waals surface area contributed by atoms with E-state index in [4.69, 9.17) is 0 Å². The standard InChI is InChI=1S/C11H20FNO3S/c1-8-5-10(7-13-4-3-12)11(6-9(8)2)17(14,15)16/h10-11,13H,3-7H2,1-2H3,(H,14,15,16). The lowest BCUT2D eigenvalue weighted by atomic mass is 9.84. The Bertz CT molecular complexity index is 392. The first-order valence-electron chi connectivity index (χ1n) is 5.74. The summed E-state index contributed by atoms with van der Waals surface area (Å²) in [5.74, 6) is -0.180. The zero-order chi connectivity index (χ0) is 13.1. The van der Waals surface area contributed by atoms with Gasteiger partial charge in [0.25, 0.3) is 10.1 Å². The molecule has 0 fully saturated rings. The molecular weight excluding hydrogens is 245 g/mol. The third kappa shape index (κ3) is 4.04. The summed E-state index contributed by atoms with van der Waals surface area (Å²) < 4.78 is 43.8. The van der Waals surface area contributed by atoms with Crippen molar-refractivity contribution in [1.29, 1.82) is 0 Å². The Morgan fingerprint density at radius 3 is 2.47 bits per heavy atom. The fourth-order valence-corrected chi connectivity index (χ4v) is 3.39. The molecule has 0 aromatic rings. The molecule has 100 valence electrons. The van der Waals surface area contributed by atoms with Crippen molar-refractivity contribution in [3.8, 4) is 0 Å². The highest BCUT2D eigenvalue weighted by atomic mass is 32.2. The third-order valence-corrected chi connectivity index (χ3v) is 4.71. The zero-order valence-electron chi connectivity index (χ0n) is 10.2. The van der Waals surface area contributed by atoms with Gasteiger partial charge in [0.1, 0.15) is 6.67 Å². The Balaban J connectivity index is 2.77. The van der Waals surface area contributed by atoms with Crippen LogP contribution in [0.3, 0.4) is 0 Å². The molecule has 0 saturated heterocycles. The molecule has 0 aromatic carbocycles. The molecule has 0 bridgehead atoms. The predicted molar refractivity (Wildman–Crippen MR) is 65.3 cm³/mol. The number of hydrogen-bond acceptors (Lipinski definition) is 3. The van der Waals surface area contributed by atoms with Crippen LogP contribution in [0.1, 0.15) is 26.7 Å². The second-order valence-corrected chi connectivity index (χ2v) is 6.31. The van der Waals surface area contributed by atoms with Gasteiger partial charge in [0.15, 0.2) is 0 Å². The van der Waals surface area contributed by atoms with Crippen LogP contribution in [0.4, 0.5) is 4.39 Å². The van der Waals surface area contributed by atoms with E-state index < -0.39 is 22.0 Å². The molecule has 2 atom stereocenters. The Kier molecular flexibility index (Phi) is 5.09. The molecule has 17 heavy (non-hydrogen) atoms. The largest absolute Gasteiger partial charge is 0.314 e. The number of halogens is 1. The molecule has 4 nitrogen and oxygen atoms in total. The van der Waals surface area contributed by atoms with Crippen LogP contribution in [0.25, 0.3) is 0 Å². The molecule has 0 saturated carbocycles. The molecule has 1 aliphatic rings. The van der Waals surface area contributed by atoms with Crippen molar-refractivity contribution < 1.29 is 17.4 Å². The van der Waals surface area contributed by atoms with Gasteiger partial charge in [-0.15, -0.1) is 0 Å². The highest BCUT2D eigenvalue weighted by Gasteiger charge is 2.35. The highest BCUT2D eigenvalue weighted by molar-refractivity contribution is 7.86. The smallest absolute Gasteiger partial charge is 0.268 e. The van der Waals surface area contributed by atoms with E-state index in [1.54, 1.807) is 0 Å². The topological polar surface area (TPSA) is 66.4 Å². The minimum Gasteiger partial charge on any atom is -0.314 e. The first-order chi connectivity index (χ1) is 7.86. The van der Waals surface area contributed by atoms with Gasteiger partial charge in [-0.05, 0) is 39.2 Å². The maximum atomic E-state index is 12.0. The molecular formula is C11H20FNO3S. The summed E-state index contributed by atoms with van der Waals surface area (Å²) in [5, 5.41) is 2.10. The van der Waals surface area contributed by atoms with Crippen molar-refractivity contribution in [3.05, 3.63) is 11.1 Å². The van der Waals surface area contributed by atoms with Gasteiger partial charge in [-0.1, -0.05) is 11.1 Å². The first kappa shape index (κ1) is 14.6. The van der Waals surface area contributed by atoms with Crippen molar-refractivity contribution in [2.45, 2.75) is 31.9 Å². The summed E-state index contributed by atoms with van der Waals surface area (Å²) in [7, 11) is -4.04. The Labute approximate surface area is 102 Å². The molecule has 0 radical (unpaired) electrons. The van der Waals surface area contributed by atoms with E-state index in [1.165, 1.54) is 0 Å². The van der Waals surface area contributed by atoms with Crippen molar-refractivity contribution in [1.82, 2.24) is 5.32 Å². The summed E-state index contributed by atoms with van der Waals surface area (Å²) in [6, 6.07) is 0. The molecule has 0 heterocycles. The fraction of sp³-hybridized carbons (Fsp3) is 0.818. The lowest BCUT2D eigenvalue weighted by Crippen LogP contribution is -2.39. The van der Waals surface area contributed by atoms with Crippen molar-refractivity contribution in [2.75, 3.05) is 19.8 Å². The average Bonchev–Trinajstić information content (AvgIpc) is 2.21. The molecule has 6 heteroatoms. The van der Waals surface area contributed by atoms with E-state index in [0.29, 0.717) is 19.4 Å². The summed E-state index contributed by atoms with van der Waals surface area (Å²) in [6.07, 6.45) is 1.00. The van der Waals surface area contributed by atoms with Crippen molar-refractivity contribution in [3.63, 3.8) is 0 Å². The highest BCUT2D eigenvalue weighted by Crippen LogP contribution is 2.32. The molecule has 0 aromatic heterocycles. The van der Waals surface area contributed by atoms with Crippen LogP contribution >= 0.6 is 0 Å². The second-order valence-electron chi connectivity index (χ2n) is 4.68. The molecule has 1 aliphatic carbocycles. The van der Waals surface area contributed by atoms with Crippen LogP contribution in [0.15, 0.2) is 11.1 Å². The quantitative estimate of drug-likeness (QED) is 0.449. The van der Waals surface area contributed by atoms with E-state index in [-0.39, 0.29) is 12.5 Å². The third-order valence-electron chi connectivity index (χ3n) is 3.39. The van der Waals surface area contributed by atoms with E-state index >= 15 is 0 Å². The molecule has 1 rings (SSSR count). The summed E-state index contributed by atoms with van der Waals surface area (Å²) in [5.41, 5.74) is 2.19. The van der Waals surface area contributed by atoms with Gasteiger partial charge in [0.2, 0.25) is 0 Å². The monoisotopic (exact) mass is 265 g/mol. The molecule has 2 unspecified atom stereocenters. The summed E-state index contributed by atoms with van der Waals surface area (Å²) in [6.45, 7) is 4.02. The Morgan fingerprint density at radius 2 is 1.94 bits per heavy atom. The Morgan fingerprint density at radius 1 is 1.35 bits per heavy atom. The van der Waals surface area contributed by atoms with E-state index in [2.05, 4.69) is 5.32 Å². The minimum absolute atomic E-state index is 0.180. The van der Waals surface area contributed by atoms with Gasteiger partial charge in [0.05, 0.1) is 5.25 Å². The molecule has 0 spiro atoms. The lowest BCUT2D eigenvalue weighted by Gasteiger charge is -2.31. The number of alkyl halides is 1. The van der Waals surface area contributed by atoms with Gasteiger partial charge in [-0.3, -0.25) is 4.55 Å². The van der Waals surface area contributed by atoms with Crippen LogP contribution in [0.5, 0.6) is 0 Å². The normalized spacial score (nSPS) is 26.4. The van der Waals surface area contributed by atoms with Crippen LogP contribution < -0.4 is 5.32 Å². The van der Waals surface area contributed by atoms with E-state index in [0.717, 1.165) is 11.1 Å². The number of nitrogens with one attached hydrogen (secondary N) is 1. The van der Waals surface area contributed by atoms with Crippen molar-refractivity contribution >= 4 is 10.1 Å². The molecule has 0 aliphatic heterocycles.